The number of hydrogen-bond donors (Lipinski definition) is 2. The lowest BCUT2D eigenvalue weighted by atomic mass is 10.0. The van der Waals surface area contributed by atoms with Gasteiger partial charge in [-0.1, -0.05) is 116 Å². The van der Waals surface area contributed by atoms with Crippen molar-refractivity contribution in [2.75, 3.05) is 33.7 Å². The molecule has 0 aromatic carbocycles. The van der Waals surface area contributed by atoms with Gasteiger partial charge in [0, 0.05) is 13.0 Å². The molecule has 0 aliphatic carbocycles. The second-order valence-corrected chi connectivity index (χ2v) is 10.7. The van der Waals surface area contributed by atoms with Crippen molar-refractivity contribution < 1.29 is 19.2 Å². The number of carboxylic acid groups (broad SMARTS) is 1. The van der Waals surface area contributed by atoms with Gasteiger partial charge in [-0.3, -0.25) is 4.79 Å². The van der Waals surface area contributed by atoms with Gasteiger partial charge in [0.05, 0.1) is 20.6 Å². The highest BCUT2D eigenvalue weighted by molar-refractivity contribution is 5.87. The summed E-state index contributed by atoms with van der Waals surface area (Å²) in [5.41, 5.74) is 0. The predicted molar refractivity (Wildman–Crippen MR) is 145 cm³/mol. The lowest BCUT2D eigenvalue weighted by Crippen LogP contribution is -2.45. The van der Waals surface area contributed by atoms with E-state index in [9.17, 15) is 9.59 Å². The van der Waals surface area contributed by atoms with E-state index in [0.29, 0.717) is 11.0 Å². The van der Waals surface area contributed by atoms with E-state index in [1.54, 1.807) is 6.08 Å². The zero-order valence-corrected chi connectivity index (χ0v) is 22.9. The molecule has 1 amide bonds. The second-order valence-electron chi connectivity index (χ2n) is 10.7. The Kier molecular flexibility index (Phi) is 22.4. The van der Waals surface area contributed by atoms with E-state index in [2.05, 4.69) is 12.2 Å². The summed E-state index contributed by atoms with van der Waals surface area (Å²) in [4.78, 5) is 22.6. The summed E-state index contributed by atoms with van der Waals surface area (Å²) >= 11 is 0. The summed E-state index contributed by atoms with van der Waals surface area (Å²) < 4.78 is 0.431. The van der Waals surface area contributed by atoms with Crippen LogP contribution in [0, 0.1) is 0 Å². The molecule has 0 heterocycles. The van der Waals surface area contributed by atoms with Crippen LogP contribution in [0.15, 0.2) is 12.2 Å². The Hall–Kier alpha value is -1.36. The third kappa shape index (κ3) is 25.3. The lowest BCUT2D eigenvalue weighted by molar-refractivity contribution is -0.883. The highest BCUT2D eigenvalue weighted by Gasteiger charge is 2.18. The molecule has 0 aromatic rings. The number of hydrogen-bond acceptors (Lipinski definition) is 2. The largest absolute Gasteiger partial charge is 0.477 e. The number of likely N-dealkylation sites (N-methyl/N-ethyl adjacent to an activating group) is 1. The smallest absolute Gasteiger partial charge is 0.359 e. The first-order chi connectivity index (χ1) is 16.4. The second kappa shape index (κ2) is 23.4. The average molecular weight is 482 g/mol. The minimum Gasteiger partial charge on any atom is -0.477 e. The van der Waals surface area contributed by atoms with Crippen molar-refractivity contribution in [3.63, 3.8) is 0 Å². The Morgan fingerprint density at radius 1 is 0.706 bits per heavy atom. The number of nitrogens with one attached hydrogen (secondary N) is 1. The molecule has 5 heteroatoms. The highest BCUT2D eigenvalue weighted by atomic mass is 16.4. The van der Waals surface area contributed by atoms with Crippen molar-refractivity contribution in [2.24, 2.45) is 0 Å². The molecule has 0 saturated carbocycles. The molecule has 0 saturated heterocycles. The van der Waals surface area contributed by atoms with Crippen LogP contribution < -0.4 is 5.32 Å². The molecule has 0 aliphatic rings. The Morgan fingerprint density at radius 2 is 1.15 bits per heavy atom. The van der Waals surface area contributed by atoms with Crippen LogP contribution in [0.5, 0.6) is 0 Å². The minimum absolute atomic E-state index is 0.0458. The van der Waals surface area contributed by atoms with Gasteiger partial charge < -0.3 is 14.9 Å². The van der Waals surface area contributed by atoms with Gasteiger partial charge >= 0.3 is 5.97 Å². The molecular formula is C29H57N2O3+. The fourth-order valence-corrected chi connectivity index (χ4v) is 4.40. The van der Waals surface area contributed by atoms with Gasteiger partial charge in [-0.25, -0.2) is 4.79 Å². The summed E-state index contributed by atoms with van der Waals surface area (Å²) in [7, 11) is 3.79. The molecule has 0 bridgehead atoms. The Balaban J connectivity index is 3.34. The van der Waals surface area contributed by atoms with Gasteiger partial charge in [0.15, 0.2) is 6.54 Å². The Morgan fingerprint density at radius 3 is 1.59 bits per heavy atom. The van der Waals surface area contributed by atoms with Crippen molar-refractivity contribution >= 4 is 11.9 Å². The average Bonchev–Trinajstić information content (AvgIpc) is 2.77. The number of rotatable bonds is 25. The maximum atomic E-state index is 11.8. The summed E-state index contributed by atoms with van der Waals surface area (Å²) in [6.07, 6.45) is 28.8. The maximum Gasteiger partial charge on any atom is 0.359 e. The zero-order valence-electron chi connectivity index (χ0n) is 22.9. The molecule has 0 aliphatic heterocycles. The summed E-state index contributed by atoms with van der Waals surface area (Å²) in [6, 6.07) is 0. The van der Waals surface area contributed by atoms with Crippen molar-refractivity contribution in [3.05, 3.63) is 12.2 Å². The number of unbranched alkanes of at least 4 members (excludes halogenated alkanes) is 17. The predicted octanol–water partition coefficient (Wildman–Crippen LogP) is 7.25. The van der Waals surface area contributed by atoms with Crippen LogP contribution in [0.3, 0.4) is 0 Å². The molecule has 0 aromatic heterocycles. The fraction of sp³-hybridized carbons (Fsp3) is 0.862. The topological polar surface area (TPSA) is 66.4 Å². The molecule has 0 fully saturated rings. The van der Waals surface area contributed by atoms with Crippen molar-refractivity contribution in [1.29, 1.82) is 0 Å². The van der Waals surface area contributed by atoms with E-state index >= 15 is 0 Å². The van der Waals surface area contributed by atoms with Crippen LogP contribution in [0.25, 0.3) is 0 Å². The summed E-state index contributed by atoms with van der Waals surface area (Å²) in [5.74, 6) is -0.836. The third-order valence-electron chi connectivity index (χ3n) is 6.55. The number of allylic oxidation sites excluding steroid dienone is 1. The van der Waals surface area contributed by atoms with Gasteiger partial charge in [-0.15, -0.1) is 0 Å². The van der Waals surface area contributed by atoms with Crippen LogP contribution in [0.4, 0.5) is 0 Å². The van der Waals surface area contributed by atoms with Gasteiger partial charge in [0.1, 0.15) is 0 Å². The number of aliphatic carboxylic acids is 1. The summed E-state index contributed by atoms with van der Waals surface area (Å²) in [5, 5.41) is 11.8. The van der Waals surface area contributed by atoms with E-state index in [1.165, 1.54) is 103 Å². The van der Waals surface area contributed by atoms with E-state index in [4.69, 9.17) is 5.11 Å². The van der Waals surface area contributed by atoms with Crippen LogP contribution in [-0.2, 0) is 9.59 Å². The monoisotopic (exact) mass is 481 g/mol. The molecule has 34 heavy (non-hydrogen) atoms. The molecule has 0 spiro atoms. The normalized spacial score (nSPS) is 11.9. The van der Waals surface area contributed by atoms with Gasteiger partial charge in [0.25, 0.3) is 0 Å². The summed E-state index contributed by atoms with van der Waals surface area (Å²) in [6.45, 7) is 3.70. The maximum absolute atomic E-state index is 11.8. The standard InChI is InChI=1S/C29H56N2O3/c1-4-5-6-7-8-9-10-11-12-13-14-15-16-17-18-19-20-21-22-24-28(32)30-25-23-26-31(2,3)27-29(33)34/h22,24H,4-21,23,25-27H2,1-3H3,(H-,30,32,33,34)/p+1/b24-22-. The van der Waals surface area contributed by atoms with E-state index in [0.717, 1.165) is 25.8 Å². The highest BCUT2D eigenvalue weighted by Crippen LogP contribution is 2.14. The minimum atomic E-state index is -0.790. The number of carbonyl (C=O) groups excluding carboxylic acids is 1. The van der Waals surface area contributed by atoms with Crippen LogP contribution >= 0.6 is 0 Å². The molecule has 200 valence electrons. The number of quaternary nitrogens is 1. The molecule has 0 rings (SSSR count). The molecule has 0 atom stereocenters. The van der Waals surface area contributed by atoms with E-state index in [-0.39, 0.29) is 12.5 Å². The Labute approximate surface area is 211 Å². The van der Waals surface area contributed by atoms with Gasteiger partial charge in [-0.05, 0) is 18.9 Å². The number of amides is 1. The van der Waals surface area contributed by atoms with Crippen molar-refractivity contribution in [2.45, 2.75) is 129 Å². The first kappa shape index (κ1) is 32.6. The molecule has 0 radical (unpaired) electrons. The molecule has 0 unspecified atom stereocenters. The first-order valence-electron chi connectivity index (χ1n) is 14.4. The van der Waals surface area contributed by atoms with Crippen LogP contribution in [0.1, 0.15) is 129 Å². The number of carboxylic acids is 1. The number of carbonyl (C=O) groups is 2. The van der Waals surface area contributed by atoms with Crippen LogP contribution in [-0.4, -0.2) is 55.2 Å². The van der Waals surface area contributed by atoms with Crippen molar-refractivity contribution in [1.82, 2.24) is 5.32 Å². The Bertz CT molecular complexity index is 518. The third-order valence-corrected chi connectivity index (χ3v) is 6.55. The lowest BCUT2D eigenvalue weighted by Gasteiger charge is -2.27. The van der Waals surface area contributed by atoms with Crippen LogP contribution in [0.2, 0.25) is 0 Å². The quantitative estimate of drug-likeness (QED) is 0.0819. The molecule has 5 nitrogen and oxygen atoms in total. The number of nitrogens with zero attached hydrogens (tertiary/aromatic N) is 1. The van der Waals surface area contributed by atoms with Gasteiger partial charge in [-0.2, -0.15) is 0 Å². The first-order valence-corrected chi connectivity index (χ1v) is 14.4. The fourth-order valence-electron chi connectivity index (χ4n) is 4.40. The van der Waals surface area contributed by atoms with E-state index in [1.807, 2.05) is 20.2 Å². The van der Waals surface area contributed by atoms with E-state index < -0.39 is 5.97 Å². The zero-order chi connectivity index (χ0) is 25.3. The molecule has 2 N–H and O–H groups in total. The van der Waals surface area contributed by atoms with Gasteiger partial charge in [0.2, 0.25) is 5.91 Å². The van der Waals surface area contributed by atoms with Crippen molar-refractivity contribution in [3.8, 4) is 0 Å². The SMILES string of the molecule is CCCCCCCCCCCCCCCCCCC/C=C\C(=O)NCCC[N+](C)(C)CC(=O)O. The molecular weight excluding hydrogens is 424 g/mol.